The van der Waals surface area contributed by atoms with Crippen LogP contribution in [-0.4, -0.2) is 51.6 Å². The largest absolute Gasteiger partial charge is 0.480 e. The summed E-state index contributed by atoms with van der Waals surface area (Å²) in [5, 5.41) is 9.28. The van der Waals surface area contributed by atoms with Crippen LogP contribution in [0.25, 0.3) is 0 Å². The quantitative estimate of drug-likeness (QED) is 0.0278. The van der Waals surface area contributed by atoms with Gasteiger partial charge in [0.2, 0.25) is 0 Å². The van der Waals surface area contributed by atoms with Crippen LogP contribution in [0.3, 0.4) is 0 Å². The number of hydroxylamine groups is 1. The summed E-state index contributed by atoms with van der Waals surface area (Å²) in [5.74, 6) is -2.51. The molecule has 0 bridgehead atoms. The number of carboxylic acids is 1. The highest BCUT2D eigenvalue weighted by Crippen LogP contribution is 2.35. The van der Waals surface area contributed by atoms with Crippen molar-refractivity contribution < 1.29 is 47.9 Å². The molecule has 0 radical (unpaired) electrons. The first-order chi connectivity index (χ1) is 20.1. The number of rotatable bonds is 30. The Kier molecular flexibility index (Phi) is 26.1. The third-order valence-electron chi connectivity index (χ3n) is 7.09. The van der Waals surface area contributed by atoms with E-state index in [0.717, 1.165) is 44.9 Å². The molecule has 0 aromatic rings. The lowest BCUT2D eigenvalue weighted by Gasteiger charge is -2.19. The molecule has 0 saturated carbocycles. The highest BCUT2D eigenvalue weighted by Gasteiger charge is 2.24. The van der Waals surface area contributed by atoms with Crippen LogP contribution in [0, 0.1) is 0 Å². The van der Waals surface area contributed by atoms with Gasteiger partial charge in [0.05, 0.1) is 13.0 Å². The van der Waals surface area contributed by atoms with E-state index in [1.807, 2.05) is 0 Å². The van der Waals surface area contributed by atoms with Crippen molar-refractivity contribution in [2.45, 2.75) is 167 Å². The molecule has 248 valence electrons. The highest BCUT2D eigenvalue weighted by atomic mass is 31.2. The third-order valence-corrected chi connectivity index (χ3v) is 7.60. The summed E-state index contributed by atoms with van der Waals surface area (Å²) in [4.78, 5) is 58.7. The second kappa shape index (κ2) is 27.1. The van der Waals surface area contributed by atoms with Gasteiger partial charge in [-0.15, -0.1) is 5.48 Å². The molecule has 0 fully saturated rings. The summed E-state index contributed by atoms with van der Waals surface area (Å²) in [7, 11) is -4.74. The molecule has 0 amide bonds. The Labute approximate surface area is 253 Å². The standard InChI is InChI=1S/C30H58NO10P/c1-3-5-7-9-11-13-15-17-19-21-26(40-28(32)22-20-18-16-14-12-10-8-6-4-2)25-29(33)41-31-27(30(34)35)23-24-39-42(36,37)38/h26-27,31H,3-25H2,1-2H3,(H,34,35)(H2,36,37,38)/t26-,27?/m1/s1. The number of aliphatic carboxylic acids is 1. The molecule has 42 heavy (non-hydrogen) atoms. The zero-order valence-corrected chi connectivity index (χ0v) is 27.0. The molecular formula is C30H58NO10P. The van der Waals surface area contributed by atoms with Crippen LogP contribution in [0.1, 0.15) is 155 Å². The number of esters is 1. The lowest BCUT2D eigenvalue weighted by molar-refractivity contribution is -0.163. The van der Waals surface area contributed by atoms with Crippen molar-refractivity contribution in [3.05, 3.63) is 0 Å². The van der Waals surface area contributed by atoms with E-state index in [0.29, 0.717) is 6.42 Å². The average Bonchev–Trinajstić information content (AvgIpc) is 2.92. The Hall–Kier alpha value is -1.52. The van der Waals surface area contributed by atoms with Gasteiger partial charge in [0.15, 0.2) is 0 Å². The topological polar surface area (TPSA) is 169 Å². The van der Waals surface area contributed by atoms with Crippen LogP contribution in [0.4, 0.5) is 0 Å². The van der Waals surface area contributed by atoms with Crippen molar-refractivity contribution in [3.8, 4) is 0 Å². The summed E-state index contributed by atoms with van der Waals surface area (Å²) in [6, 6.07) is -1.43. The number of ether oxygens (including phenoxy) is 1. The van der Waals surface area contributed by atoms with Gasteiger partial charge >= 0.3 is 25.7 Å². The molecular weight excluding hydrogens is 565 g/mol. The van der Waals surface area contributed by atoms with E-state index >= 15 is 0 Å². The molecule has 11 nitrogen and oxygen atoms in total. The number of phosphoric ester groups is 1. The molecule has 12 heteroatoms. The molecule has 0 aliphatic heterocycles. The SMILES string of the molecule is CCCCCCCCCCCC(=O)O[C@H](CCCCCCCCCCC)CC(=O)ONC(CCOP(=O)(O)O)C(=O)O. The molecule has 4 N–H and O–H groups in total. The Bertz CT molecular complexity index is 746. The lowest BCUT2D eigenvalue weighted by atomic mass is 10.0. The average molecular weight is 624 g/mol. The highest BCUT2D eigenvalue weighted by molar-refractivity contribution is 7.46. The Morgan fingerprint density at radius 3 is 1.64 bits per heavy atom. The minimum absolute atomic E-state index is 0.223. The van der Waals surface area contributed by atoms with Gasteiger partial charge in [-0.25, -0.2) is 4.57 Å². The van der Waals surface area contributed by atoms with Crippen molar-refractivity contribution in [2.24, 2.45) is 0 Å². The summed E-state index contributed by atoms with van der Waals surface area (Å²) in [5.41, 5.74) is 2.12. The van der Waals surface area contributed by atoms with Crippen LogP contribution in [0.15, 0.2) is 0 Å². The van der Waals surface area contributed by atoms with Gasteiger partial charge in [0.25, 0.3) is 0 Å². The number of hydrogen-bond acceptors (Lipinski definition) is 8. The normalized spacial score (nSPS) is 13.0. The predicted molar refractivity (Wildman–Crippen MR) is 161 cm³/mol. The van der Waals surface area contributed by atoms with E-state index in [4.69, 9.17) is 19.4 Å². The van der Waals surface area contributed by atoms with Crippen LogP contribution in [-0.2, 0) is 33.0 Å². The van der Waals surface area contributed by atoms with E-state index in [1.54, 1.807) is 0 Å². The predicted octanol–water partition coefficient (Wildman–Crippen LogP) is 7.13. The first kappa shape index (κ1) is 40.5. The van der Waals surface area contributed by atoms with Crippen LogP contribution >= 0.6 is 7.82 Å². The van der Waals surface area contributed by atoms with Crippen LogP contribution < -0.4 is 5.48 Å². The molecule has 2 atom stereocenters. The number of carbonyl (C=O) groups excluding carboxylic acids is 2. The van der Waals surface area contributed by atoms with E-state index in [9.17, 15) is 24.1 Å². The van der Waals surface area contributed by atoms with Gasteiger partial charge in [-0.2, -0.15) is 0 Å². The van der Waals surface area contributed by atoms with E-state index < -0.39 is 38.5 Å². The van der Waals surface area contributed by atoms with Gasteiger partial charge in [0.1, 0.15) is 12.1 Å². The first-order valence-corrected chi connectivity index (χ1v) is 17.7. The van der Waals surface area contributed by atoms with Crippen molar-refractivity contribution in [1.29, 1.82) is 0 Å². The number of nitrogens with one attached hydrogen (secondary N) is 1. The fraction of sp³-hybridized carbons (Fsp3) is 0.900. The molecule has 0 aromatic heterocycles. The molecule has 0 aromatic carbocycles. The Morgan fingerprint density at radius 2 is 1.17 bits per heavy atom. The number of phosphoric acid groups is 1. The summed E-state index contributed by atoms with van der Waals surface area (Å²) >= 11 is 0. The molecule has 0 rings (SSSR count). The second-order valence-corrected chi connectivity index (χ2v) is 12.3. The van der Waals surface area contributed by atoms with Gasteiger partial charge in [-0.1, -0.05) is 117 Å². The maximum absolute atomic E-state index is 12.5. The fourth-order valence-corrected chi connectivity index (χ4v) is 4.94. The van der Waals surface area contributed by atoms with Gasteiger partial charge < -0.3 is 24.5 Å². The lowest BCUT2D eigenvalue weighted by Crippen LogP contribution is -2.39. The van der Waals surface area contributed by atoms with Gasteiger partial charge in [-0.05, 0) is 19.3 Å². The molecule has 0 saturated heterocycles. The van der Waals surface area contributed by atoms with Crippen molar-refractivity contribution in [2.75, 3.05) is 6.61 Å². The van der Waals surface area contributed by atoms with E-state index in [1.165, 1.54) is 70.6 Å². The zero-order chi connectivity index (χ0) is 31.5. The monoisotopic (exact) mass is 623 g/mol. The third kappa shape index (κ3) is 27.3. The smallest absolute Gasteiger partial charge is 0.469 e. The number of carboxylic acid groups (broad SMARTS) is 1. The molecule has 0 aliphatic rings. The maximum Gasteiger partial charge on any atom is 0.469 e. The minimum Gasteiger partial charge on any atom is -0.480 e. The molecule has 0 aliphatic carbocycles. The number of unbranched alkanes of at least 4 members (excludes halogenated alkanes) is 16. The maximum atomic E-state index is 12.5. The molecule has 0 heterocycles. The minimum atomic E-state index is -4.74. The second-order valence-electron chi connectivity index (χ2n) is 11.1. The van der Waals surface area contributed by atoms with E-state index in [2.05, 4.69) is 23.9 Å². The molecule has 1 unspecified atom stereocenters. The van der Waals surface area contributed by atoms with Crippen molar-refractivity contribution in [3.63, 3.8) is 0 Å². The zero-order valence-electron chi connectivity index (χ0n) is 26.1. The van der Waals surface area contributed by atoms with Gasteiger partial charge in [-0.3, -0.25) is 18.9 Å². The summed E-state index contributed by atoms with van der Waals surface area (Å²) in [6.45, 7) is 3.84. The first-order valence-electron chi connectivity index (χ1n) is 16.2. The summed E-state index contributed by atoms with van der Waals surface area (Å²) < 4.78 is 20.7. The van der Waals surface area contributed by atoms with Crippen molar-refractivity contribution >= 4 is 25.7 Å². The van der Waals surface area contributed by atoms with Gasteiger partial charge in [0, 0.05) is 12.8 Å². The van der Waals surface area contributed by atoms with Crippen LogP contribution in [0.5, 0.6) is 0 Å². The van der Waals surface area contributed by atoms with E-state index in [-0.39, 0.29) is 25.2 Å². The van der Waals surface area contributed by atoms with Crippen molar-refractivity contribution in [1.82, 2.24) is 5.48 Å². The Balaban J connectivity index is 4.60. The Morgan fingerprint density at radius 1 is 0.690 bits per heavy atom. The summed E-state index contributed by atoms with van der Waals surface area (Å²) in [6.07, 6.45) is 20.0. The number of hydrogen-bond donors (Lipinski definition) is 4. The van der Waals surface area contributed by atoms with Crippen LogP contribution in [0.2, 0.25) is 0 Å². The fourth-order valence-electron chi connectivity index (χ4n) is 4.60. The number of carbonyl (C=O) groups is 3. The molecule has 0 spiro atoms.